The monoisotopic (exact) mass is 1200 g/mol. The maximum atomic E-state index is 9.08. The highest BCUT2D eigenvalue weighted by Crippen LogP contribution is 2.40. The van der Waals surface area contributed by atoms with Crippen molar-refractivity contribution in [3.63, 3.8) is 0 Å². The molecular formula is C82H79N6O3+3. The summed E-state index contributed by atoms with van der Waals surface area (Å²) in [6, 6.07) is 55.8. The van der Waals surface area contributed by atoms with Crippen molar-refractivity contribution < 1.29 is 33.8 Å². The molecule has 0 N–H and O–H groups in total. The van der Waals surface area contributed by atoms with Crippen LogP contribution in [0.4, 0.5) is 0 Å². The van der Waals surface area contributed by atoms with E-state index in [1.165, 1.54) is 12.0 Å². The summed E-state index contributed by atoms with van der Waals surface area (Å²) in [6.07, 6.45) is 12.9. The largest absolute Gasteiger partial charge is 0.438 e. The second-order valence-corrected chi connectivity index (χ2v) is 25.7. The number of pyridine rings is 6. The molecule has 15 aromatic rings. The van der Waals surface area contributed by atoms with Crippen LogP contribution in [0.2, 0.25) is 0 Å². The molecule has 2 aliphatic rings. The number of hydrogen-bond acceptors (Lipinski definition) is 6. The molecule has 9 aromatic heterocycles. The van der Waals surface area contributed by atoms with Gasteiger partial charge in [0.05, 0.1) is 33.2 Å². The molecule has 9 heterocycles. The van der Waals surface area contributed by atoms with Gasteiger partial charge in [-0.2, -0.15) is 0 Å². The Kier molecular flexibility index (Phi) is 13.8. The lowest BCUT2D eigenvalue weighted by Crippen LogP contribution is -2.31. The van der Waals surface area contributed by atoms with Gasteiger partial charge in [-0.05, 0) is 170 Å². The van der Waals surface area contributed by atoms with Crippen LogP contribution in [0.5, 0.6) is 0 Å². The minimum atomic E-state index is -1.40. The zero-order valence-corrected chi connectivity index (χ0v) is 53.2. The summed E-state index contributed by atoms with van der Waals surface area (Å²) in [5, 5.41) is 9.61. The number of nitrogens with zero attached hydrogens (tertiary/aromatic N) is 6. The standard InChI is InChI=1S/2C28H27N2O.C26H25N2O/c1-18-13-23-24-16-21-9-5-6-10-25(21)29-28(24)31-27(23)17-22(18)26-15-20(11-12-30(26)2)14-19-7-3-4-8-19;1-18-14-23-24-15-21-10-6-7-11-25(21)29-28(24)31-27(23)17-22(18)26-16-20(12-13-30(26)2)19-8-4-3-5-9-19;1-16(2)11-18-9-10-28(4)24(13-18)20-15-25-21(12-17(20)3)22-14-19-7-5-6-8-23(19)27-26(22)29-25/h5-6,9-13,15-17,19H,3-4,7-8,14H2,1-2H3;6-7,10-17,19H,3-5,8-9H2,1-2H3;5-10,12-16H,11H2,1-4H3/q3*+1/i14D2;19D;11D2. The van der Waals surface area contributed by atoms with Gasteiger partial charge in [-0.25, -0.2) is 28.7 Å². The van der Waals surface area contributed by atoms with Gasteiger partial charge in [-0.1, -0.05) is 113 Å². The Balaban J connectivity index is 0.000000118. The number of benzene rings is 6. The predicted octanol–water partition coefficient (Wildman–Crippen LogP) is 19.8. The highest BCUT2D eigenvalue weighted by atomic mass is 16.3. The van der Waals surface area contributed by atoms with Crippen LogP contribution in [0, 0.1) is 32.6 Å². The van der Waals surface area contributed by atoms with Gasteiger partial charge in [0.15, 0.2) is 18.6 Å². The summed E-state index contributed by atoms with van der Waals surface area (Å²) in [5.41, 5.74) is 19.5. The molecule has 452 valence electrons. The first-order chi connectivity index (χ1) is 46.2. The summed E-state index contributed by atoms with van der Waals surface area (Å²) in [6.45, 7) is 10.2. The molecule has 0 unspecified atom stereocenters. The van der Waals surface area contributed by atoms with E-state index in [0.29, 0.717) is 22.7 Å². The fourth-order valence-corrected chi connectivity index (χ4v) is 14.0. The Hall–Kier alpha value is -9.60. The fourth-order valence-electron chi connectivity index (χ4n) is 14.0. The van der Waals surface area contributed by atoms with Gasteiger partial charge in [0.2, 0.25) is 34.2 Å². The minimum Gasteiger partial charge on any atom is -0.438 e. The molecule has 9 nitrogen and oxygen atoms in total. The summed E-state index contributed by atoms with van der Waals surface area (Å²) in [4.78, 5) is 14.2. The number of para-hydroxylation sites is 3. The van der Waals surface area contributed by atoms with Gasteiger partial charge in [-0.15, -0.1) is 0 Å². The molecule has 2 fully saturated rings. The molecule has 0 aliphatic heterocycles. The van der Waals surface area contributed by atoms with E-state index >= 15 is 0 Å². The summed E-state index contributed by atoms with van der Waals surface area (Å²) in [5.74, 6) is -0.493. The van der Waals surface area contributed by atoms with Crippen molar-refractivity contribution in [2.24, 2.45) is 33.0 Å². The van der Waals surface area contributed by atoms with Crippen molar-refractivity contribution in [2.45, 2.75) is 111 Å². The van der Waals surface area contributed by atoms with Gasteiger partial charge in [-0.3, -0.25) is 0 Å². The van der Waals surface area contributed by atoms with E-state index in [2.05, 4.69) is 128 Å². The molecule has 0 amide bonds. The van der Waals surface area contributed by atoms with Crippen LogP contribution >= 0.6 is 0 Å². The molecule has 0 spiro atoms. The van der Waals surface area contributed by atoms with E-state index in [1.807, 2.05) is 124 Å². The first kappa shape index (κ1) is 52.2. The molecule has 6 aromatic carbocycles. The van der Waals surface area contributed by atoms with Crippen molar-refractivity contribution in [1.82, 2.24) is 15.0 Å². The van der Waals surface area contributed by atoms with Gasteiger partial charge in [0, 0.05) is 91.7 Å². The van der Waals surface area contributed by atoms with Crippen LogP contribution in [0.25, 0.3) is 133 Å². The lowest BCUT2D eigenvalue weighted by Gasteiger charge is -2.21. The van der Waals surface area contributed by atoms with Crippen molar-refractivity contribution >= 4 is 98.9 Å². The van der Waals surface area contributed by atoms with E-state index < -0.39 is 18.6 Å². The second kappa shape index (κ2) is 24.0. The number of rotatable bonds is 8. The topological polar surface area (TPSA) is 89.7 Å². The average Bonchev–Trinajstić information content (AvgIpc) is 1.58. The number of aryl methyl sites for hydroxylation is 6. The van der Waals surface area contributed by atoms with Crippen molar-refractivity contribution in [3.05, 3.63) is 216 Å². The third-order valence-electron chi connectivity index (χ3n) is 18.9. The number of furan rings is 3. The summed E-state index contributed by atoms with van der Waals surface area (Å²) >= 11 is 0. The van der Waals surface area contributed by atoms with Crippen molar-refractivity contribution in [1.29, 1.82) is 0 Å². The van der Waals surface area contributed by atoms with Crippen LogP contribution in [0.3, 0.4) is 0 Å². The van der Waals surface area contributed by atoms with E-state index in [0.717, 1.165) is 189 Å². The smallest absolute Gasteiger partial charge is 0.227 e. The van der Waals surface area contributed by atoms with Crippen LogP contribution in [0.15, 0.2) is 196 Å². The fraction of sp³-hybridized carbons (Fsp3) is 0.268. The number of hydrogen-bond donors (Lipinski definition) is 0. The average molecular weight is 1200 g/mol. The minimum absolute atomic E-state index is 0.0946. The zero-order valence-electron chi connectivity index (χ0n) is 58.2. The van der Waals surface area contributed by atoms with Crippen LogP contribution in [0.1, 0.15) is 118 Å². The SMILES string of the molecule is [2H]C([2H])(c1cc[n+](C)c(-c2cc3oc4nc5ccccc5cc4c3cc2C)c1)C(C)C.[2H]C([2H])(c1cc[n+](C)c(-c2cc3oc4nc5ccccc5cc4c3cc2C)c1)C1CCCC1.[2H]C1(c2cc[n+](C)c(-c3cc4oc5nc6ccccc6cc5c4cc3C)c2)CCCCC1. The van der Waals surface area contributed by atoms with E-state index in [-0.39, 0.29) is 11.8 Å². The quantitative estimate of drug-likeness (QED) is 0.141. The van der Waals surface area contributed by atoms with Crippen LogP contribution in [-0.4, -0.2) is 15.0 Å². The Bertz CT molecular complexity index is 5580. The van der Waals surface area contributed by atoms with Crippen LogP contribution < -0.4 is 13.7 Å². The van der Waals surface area contributed by atoms with Gasteiger partial charge in [0.1, 0.15) is 37.9 Å². The molecule has 17 rings (SSSR count). The van der Waals surface area contributed by atoms with E-state index in [9.17, 15) is 0 Å². The molecule has 2 aliphatic carbocycles. The predicted molar refractivity (Wildman–Crippen MR) is 371 cm³/mol. The van der Waals surface area contributed by atoms with Crippen molar-refractivity contribution in [3.8, 4) is 33.8 Å². The van der Waals surface area contributed by atoms with E-state index in [1.54, 1.807) is 0 Å². The van der Waals surface area contributed by atoms with Gasteiger partial charge in [0.25, 0.3) is 0 Å². The highest BCUT2D eigenvalue weighted by molar-refractivity contribution is 6.11. The highest BCUT2D eigenvalue weighted by Gasteiger charge is 2.25. The Morgan fingerprint density at radius 3 is 1.26 bits per heavy atom. The van der Waals surface area contributed by atoms with Gasteiger partial charge < -0.3 is 13.3 Å². The molecule has 0 saturated heterocycles. The Morgan fingerprint density at radius 2 is 0.824 bits per heavy atom. The maximum absolute atomic E-state index is 9.08. The number of fused-ring (bicyclic) bond motifs is 12. The second-order valence-electron chi connectivity index (χ2n) is 25.7. The summed E-state index contributed by atoms with van der Waals surface area (Å²) in [7, 11) is 6.08. The number of aromatic nitrogens is 6. The molecule has 0 bridgehead atoms. The maximum Gasteiger partial charge on any atom is 0.227 e. The Labute approximate surface area is 538 Å². The lowest BCUT2D eigenvalue weighted by molar-refractivity contribution is -0.660. The molecule has 0 atom stereocenters. The molecule has 9 heteroatoms. The zero-order chi connectivity index (χ0) is 66.5. The van der Waals surface area contributed by atoms with Crippen molar-refractivity contribution in [2.75, 3.05) is 0 Å². The van der Waals surface area contributed by atoms with Crippen LogP contribution in [-0.2, 0) is 33.9 Å². The normalized spacial score (nSPS) is 15.5. The van der Waals surface area contributed by atoms with Gasteiger partial charge >= 0.3 is 0 Å². The first-order valence-corrected chi connectivity index (χ1v) is 32.4. The lowest BCUT2D eigenvalue weighted by atomic mass is 9.84. The third-order valence-corrected chi connectivity index (χ3v) is 18.9. The molecule has 0 radical (unpaired) electrons. The molecular weight excluding hydrogens is 1120 g/mol. The third kappa shape index (κ3) is 11.3. The molecule has 2 saturated carbocycles. The van der Waals surface area contributed by atoms with E-state index in [4.69, 9.17) is 35.1 Å². The first-order valence-electron chi connectivity index (χ1n) is 34.9. The molecule has 91 heavy (non-hydrogen) atoms. The summed E-state index contributed by atoms with van der Waals surface area (Å²) < 4.78 is 68.6. The Morgan fingerprint density at radius 1 is 0.440 bits per heavy atom.